The van der Waals surface area contributed by atoms with Gasteiger partial charge in [-0.3, -0.25) is 0 Å². The molecule has 136 valence electrons. The lowest BCUT2D eigenvalue weighted by molar-refractivity contribution is -0.707. The number of quaternary nitrogens is 1. The number of hydrogen-bond acceptors (Lipinski definition) is 3. The molecule has 0 bridgehead atoms. The Morgan fingerprint density at radius 2 is 1.96 bits per heavy atom. The number of benzene rings is 2. The first-order chi connectivity index (χ1) is 12.3. The first-order valence-electron chi connectivity index (χ1n) is 8.01. The Morgan fingerprint density at radius 3 is 2.69 bits per heavy atom. The molecule has 0 saturated carbocycles. The highest BCUT2D eigenvalue weighted by Gasteiger charge is 2.18. The molecule has 1 aromatic heterocycles. The third kappa shape index (κ3) is 3.56. The van der Waals surface area contributed by atoms with E-state index >= 15 is 0 Å². The Balaban J connectivity index is 1.92. The molecule has 3 aromatic rings. The number of aromatic hydroxyl groups is 1. The highest BCUT2D eigenvalue weighted by atomic mass is 35.5. The van der Waals surface area contributed by atoms with Gasteiger partial charge in [0.2, 0.25) is 0 Å². The second-order valence-corrected chi connectivity index (χ2v) is 7.01. The standard InChI is InChI=1S/C19H16Cl2FNO3/c1-9-17(24)4-3-12-11(5-18(25)26-19(9)12)8-23-10(2)13-6-16(22)15(21)7-14(13)20/h3-7,10,23-24H,8H2,1-2H3/p+1/t10-/m0/s1. The second-order valence-electron chi connectivity index (χ2n) is 6.19. The summed E-state index contributed by atoms with van der Waals surface area (Å²) in [5, 5.41) is 12.9. The first kappa shape index (κ1) is 18.7. The number of fused-ring (bicyclic) bond motifs is 1. The number of hydrogen-bond donors (Lipinski definition) is 2. The van der Waals surface area contributed by atoms with Crippen molar-refractivity contribution in [3.8, 4) is 5.75 Å². The first-order valence-corrected chi connectivity index (χ1v) is 8.76. The molecule has 0 aliphatic rings. The molecule has 4 nitrogen and oxygen atoms in total. The molecule has 26 heavy (non-hydrogen) atoms. The average molecular weight is 397 g/mol. The molecular formula is C19H17Cl2FNO3+. The third-order valence-corrected chi connectivity index (χ3v) is 5.06. The fourth-order valence-corrected chi connectivity index (χ4v) is 3.46. The van der Waals surface area contributed by atoms with Crippen LogP contribution in [0.4, 0.5) is 4.39 Å². The van der Waals surface area contributed by atoms with E-state index in [0.29, 0.717) is 28.3 Å². The molecule has 3 N–H and O–H groups in total. The number of phenolic OH excluding ortho intramolecular Hbond substituents is 1. The Morgan fingerprint density at radius 1 is 1.23 bits per heavy atom. The van der Waals surface area contributed by atoms with Crippen LogP contribution in [0.1, 0.15) is 29.7 Å². The van der Waals surface area contributed by atoms with Crippen molar-refractivity contribution in [1.82, 2.24) is 0 Å². The summed E-state index contributed by atoms with van der Waals surface area (Å²) in [7, 11) is 0. The van der Waals surface area contributed by atoms with E-state index in [1.165, 1.54) is 18.2 Å². The van der Waals surface area contributed by atoms with Crippen molar-refractivity contribution in [2.75, 3.05) is 0 Å². The van der Waals surface area contributed by atoms with Crippen LogP contribution in [0.3, 0.4) is 0 Å². The largest absolute Gasteiger partial charge is 0.508 e. The van der Waals surface area contributed by atoms with E-state index in [1.54, 1.807) is 19.1 Å². The molecule has 0 aliphatic heterocycles. The minimum atomic E-state index is -0.525. The van der Waals surface area contributed by atoms with Crippen LogP contribution in [-0.4, -0.2) is 5.11 Å². The number of aryl methyl sites for hydroxylation is 1. The van der Waals surface area contributed by atoms with Gasteiger partial charge >= 0.3 is 5.63 Å². The average Bonchev–Trinajstić information content (AvgIpc) is 2.59. The van der Waals surface area contributed by atoms with Gasteiger partial charge in [-0.2, -0.15) is 0 Å². The molecule has 7 heteroatoms. The van der Waals surface area contributed by atoms with Gasteiger partial charge in [0.05, 0.1) is 10.0 Å². The maximum absolute atomic E-state index is 13.7. The van der Waals surface area contributed by atoms with Crippen molar-refractivity contribution in [2.24, 2.45) is 0 Å². The molecule has 0 spiro atoms. The molecule has 1 heterocycles. The van der Waals surface area contributed by atoms with E-state index in [0.717, 1.165) is 10.9 Å². The molecule has 0 unspecified atom stereocenters. The summed E-state index contributed by atoms with van der Waals surface area (Å²) in [4.78, 5) is 11.9. The fourth-order valence-electron chi connectivity index (χ4n) is 2.90. The minimum Gasteiger partial charge on any atom is -0.508 e. The maximum Gasteiger partial charge on any atom is 0.336 e. The SMILES string of the molecule is Cc1c(O)ccc2c(C[NH2+][C@@H](C)c3cc(F)c(Cl)cc3Cl)cc(=O)oc12. The van der Waals surface area contributed by atoms with Gasteiger partial charge in [0.15, 0.2) is 0 Å². The number of halogens is 3. The lowest BCUT2D eigenvalue weighted by Gasteiger charge is -2.14. The van der Waals surface area contributed by atoms with Crippen molar-refractivity contribution in [3.05, 3.63) is 73.3 Å². The van der Waals surface area contributed by atoms with Crippen molar-refractivity contribution >= 4 is 34.2 Å². The van der Waals surface area contributed by atoms with Gasteiger partial charge in [0.25, 0.3) is 0 Å². The van der Waals surface area contributed by atoms with Crippen molar-refractivity contribution in [1.29, 1.82) is 0 Å². The van der Waals surface area contributed by atoms with E-state index < -0.39 is 11.4 Å². The predicted octanol–water partition coefficient (Wildman–Crippen LogP) is 4.08. The van der Waals surface area contributed by atoms with Crippen LogP contribution in [0.15, 0.2) is 39.5 Å². The smallest absolute Gasteiger partial charge is 0.336 e. The van der Waals surface area contributed by atoms with Crippen LogP contribution in [0, 0.1) is 12.7 Å². The molecule has 3 rings (SSSR count). The Kier molecular flexibility index (Phi) is 5.23. The van der Waals surface area contributed by atoms with Gasteiger partial charge in [-0.1, -0.05) is 23.2 Å². The minimum absolute atomic E-state index is 0.0205. The van der Waals surface area contributed by atoms with Gasteiger partial charge in [0, 0.05) is 28.1 Å². The Hall–Kier alpha value is -2.08. The van der Waals surface area contributed by atoms with Gasteiger partial charge in [-0.15, -0.1) is 0 Å². The van der Waals surface area contributed by atoms with Crippen molar-refractivity contribution < 1.29 is 19.2 Å². The van der Waals surface area contributed by atoms with Gasteiger partial charge in [-0.25, -0.2) is 9.18 Å². The lowest BCUT2D eigenvalue weighted by Crippen LogP contribution is -2.83. The summed E-state index contributed by atoms with van der Waals surface area (Å²) in [6.07, 6.45) is 0. The second kappa shape index (κ2) is 7.27. The van der Waals surface area contributed by atoms with Crippen LogP contribution in [-0.2, 0) is 6.54 Å². The summed E-state index contributed by atoms with van der Waals surface area (Å²) in [6, 6.07) is 7.25. The van der Waals surface area contributed by atoms with E-state index in [9.17, 15) is 14.3 Å². The monoisotopic (exact) mass is 396 g/mol. The Bertz CT molecular complexity index is 1050. The zero-order valence-corrected chi connectivity index (χ0v) is 15.7. The van der Waals surface area contributed by atoms with Crippen molar-refractivity contribution in [3.63, 3.8) is 0 Å². The van der Waals surface area contributed by atoms with E-state index in [2.05, 4.69) is 0 Å². The predicted molar refractivity (Wildman–Crippen MR) is 99.4 cm³/mol. The molecule has 1 atom stereocenters. The normalized spacial score (nSPS) is 12.5. The summed E-state index contributed by atoms with van der Waals surface area (Å²) in [5.41, 5.74) is 1.77. The van der Waals surface area contributed by atoms with Gasteiger partial charge in [0.1, 0.15) is 29.7 Å². The molecule has 0 aliphatic carbocycles. The van der Waals surface area contributed by atoms with Crippen molar-refractivity contribution in [2.45, 2.75) is 26.4 Å². The molecule has 0 amide bonds. The number of nitrogens with two attached hydrogens (primary N) is 1. The highest BCUT2D eigenvalue weighted by Crippen LogP contribution is 2.28. The quantitative estimate of drug-likeness (QED) is 0.515. The zero-order chi connectivity index (χ0) is 19.0. The molecular weight excluding hydrogens is 380 g/mol. The van der Waals surface area contributed by atoms with Crippen LogP contribution in [0.2, 0.25) is 10.0 Å². The number of rotatable bonds is 4. The van der Waals surface area contributed by atoms with Crippen LogP contribution in [0.25, 0.3) is 11.0 Å². The van der Waals surface area contributed by atoms with E-state index in [-0.39, 0.29) is 16.8 Å². The van der Waals surface area contributed by atoms with Gasteiger partial charge < -0.3 is 14.8 Å². The third-order valence-electron chi connectivity index (χ3n) is 4.44. The highest BCUT2D eigenvalue weighted by molar-refractivity contribution is 6.35. The summed E-state index contributed by atoms with van der Waals surface area (Å²) in [6.45, 7) is 4.03. The van der Waals surface area contributed by atoms with Gasteiger partial charge in [-0.05, 0) is 38.1 Å². The maximum atomic E-state index is 13.7. The summed E-state index contributed by atoms with van der Waals surface area (Å²) < 4.78 is 19.0. The molecule has 0 radical (unpaired) electrons. The summed E-state index contributed by atoms with van der Waals surface area (Å²) >= 11 is 11.9. The van der Waals surface area contributed by atoms with Crippen LogP contribution < -0.4 is 10.9 Å². The fraction of sp³-hybridized carbons (Fsp3) is 0.211. The van der Waals surface area contributed by atoms with E-state index in [4.69, 9.17) is 27.6 Å². The van der Waals surface area contributed by atoms with Crippen LogP contribution in [0.5, 0.6) is 5.75 Å². The van der Waals surface area contributed by atoms with E-state index in [1.807, 2.05) is 12.2 Å². The molecule has 2 aromatic carbocycles. The number of phenols is 1. The molecule has 0 fully saturated rings. The lowest BCUT2D eigenvalue weighted by atomic mass is 10.0. The molecule has 0 saturated heterocycles. The summed E-state index contributed by atoms with van der Waals surface area (Å²) in [5.74, 6) is -0.457. The zero-order valence-electron chi connectivity index (χ0n) is 14.1. The Labute approximate surface area is 159 Å². The topological polar surface area (TPSA) is 67.1 Å². The van der Waals surface area contributed by atoms with Crippen LogP contribution >= 0.6 is 23.2 Å².